The highest BCUT2D eigenvalue weighted by molar-refractivity contribution is 5.96. The molecule has 0 aliphatic carbocycles. The van der Waals surface area contributed by atoms with Crippen LogP contribution in [0.4, 0.5) is 0 Å². The van der Waals surface area contributed by atoms with Gasteiger partial charge < -0.3 is 10.4 Å². The first kappa shape index (κ1) is 19.6. The van der Waals surface area contributed by atoms with Gasteiger partial charge in [0, 0.05) is 18.8 Å². The van der Waals surface area contributed by atoms with E-state index >= 15 is 0 Å². The molecule has 2 aromatic carbocycles. The fourth-order valence-corrected chi connectivity index (χ4v) is 3.62. The van der Waals surface area contributed by atoms with Gasteiger partial charge in [0.1, 0.15) is 0 Å². The molecule has 6 nitrogen and oxygen atoms in total. The first-order chi connectivity index (χ1) is 13.4. The second kappa shape index (κ2) is 8.25. The van der Waals surface area contributed by atoms with Crippen molar-refractivity contribution in [3.63, 3.8) is 0 Å². The average Bonchev–Trinajstić information content (AvgIpc) is 2.98. The number of hydrogen-bond acceptors (Lipinski definition) is 3. The van der Waals surface area contributed by atoms with Crippen LogP contribution in [0, 0.1) is 19.8 Å². The Hall–Kier alpha value is -3.15. The van der Waals surface area contributed by atoms with Gasteiger partial charge in [0.2, 0.25) is 0 Å². The molecule has 0 aliphatic heterocycles. The van der Waals surface area contributed by atoms with Crippen molar-refractivity contribution in [1.29, 1.82) is 0 Å². The normalized spacial score (nSPS) is 12.1. The van der Waals surface area contributed by atoms with Crippen LogP contribution < -0.4 is 5.32 Å². The Labute approximate surface area is 164 Å². The number of benzene rings is 2. The molecule has 0 bridgehead atoms. The van der Waals surface area contributed by atoms with E-state index in [2.05, 4.69) is 10.4 Å². The first-order valence-electron chi connectivity index (χ1n) is 9.44. The maximum Gasteiger partial charge on any atom is 0.308 e. The van der Waals surface area contributed by atoms with Crippen LogP contribution in [-0.2, 0) is 17.8 Å². The summed E-state index contributed by atoms with van der Waals surface area (Å²) < 4.78 is 1.77. The van der Waals surface area contributed by atoms with Crippen LogP contribution >= 0.6 is 0 Å². The quantitative estimate of drug-likeness (QED) is 0.659. The molecule has 28 heavy (non-hydrogen) atoms. The van der Waals surface area contributed by atoms with Crippen molar-refractivity contribution in [2.75, 3.05) is 6.54 Å². The third-order valence-electron chi connectivity index (χ3n) is 5.11. The highest BCUT2D eigenvalue weighted by Crippen LogP contribution is 2.21. The van der Waals surface area contributed by atoms with Gasteiger partial charge in [-0.25, -0.2) is 0 Å². The fourth-order valence-electron chi connectivity index (χ4n) is 3.62. The molecule has 0 saturated heterocycles. The average molecular weight is 379 g/mol. The van der Waals surface area contributed by atoms with Gasteiger partial charge in [-0.2, -0.15) is 5.10 Å². The maximum absolute atomic E-state index is 12.7. The van der Waals surface area contributed by atoms with Gasteiger partial charge in [-0.05, 0) is 43.5 Å². The smallest absolute Gasteiger partial charge is 0.308 e. The van der Waals surface area contributed by atoms with Crippen LogP contribution in [0.3, 0.4) is 0 Å². The number of nitrogens with zero attached hydrogens (tertiary/aromatic N) is 2. The number of nitrogens with one attached hydrogen (secondary N) is 1. The third-order valence-corrected chi connectivity index (χ3v) is 5.11. The Morgan fingerprint density at radius 2 is 1.86 bits per heavy atom. The van der Waals surface area contributed by atoms with Crippen molar-refractivity contribution in [3.05, 3.63) is 65.0 Å². The van der Waals surface area contributed by atoms with Crippen molar-refractivity contribution in [2.45, 2.75) is 33.7 Å². The summed E-state index contributed by atoms with van der Waals surface area (Å²) in [5.74, 6) is -1.92. The minimum atomic E-state index is -0.925. The molecule has 0 spiro atoms. The van der Waals surface area contributed by atoms with E-state index in [0.717, 1.165) is 22.0 Å². The molecule has 1 heterocycles. The summed E-state index contributed by atoms with van der Waals surface area (Å²) in [6, 6.07) is 13.8. The fraction of sp³-hybridized carbons (Fsp3) is 0.318. The second-order valence-corrected chi connectivity index (χ2v) is 6.95. The van der Waals surface area contributed by atoms with Crippen molar-refractivity contribution >= 4 is 22.6 Å². The Kier molecular flexibility index (Phi) is 5.78. The third kappa shape index (κ3) is 3.91. The predicted octanol–water partition coefficient (Wildman–Crippen LogP) is 3.35. The van der Waals surface area contributed by atoms with Gasteiger partial charge in [0.05, 0.1) is 17.2 Å². The Morgan fingerprint density at radius 1 is 1.14 bits per heavy atom. The molecule has 3 rings (SSSR count). The van der Waals surface area contributed by atoms with Gasteiger partial charge in [-0.15, -0.1) is 0 Å². The SMILES string of the molecule is CCn1nc(C)c(C(=O)NCC(Cc2cccc3ccccc23)C(=O)O)c1C. The summed E-state index contributed by atoms with van der Waals surface area (Å²) in [4.78, 5) is 24.5. The van der Waals surface area contributed by atoms with Crippen LogP contribution in [0.1, 0.15) is 34.2 Å². The molecule has 0 aliphatic rings. The van der Waals surface area contributed by atoms with E-state index in [-0.39, 0.29) is 12.5 Å². The lowest BCUT2D eigenvalue weighted by molar-refractivity contribution is -0.141. The molecule has 1 aromatic heterocycles. The number of aliphatic carboxylic acids is 1. The molecule has 1 unspecified atom stereocenters. The highest BCUT2D eigenvalue weighted by atomic mass is 16.4. The number of hydrogen-bond donors (Lipinski definition) is 2. The molecule has 1 amide bonds. The van der Waals surface area contributed by atoms with Gasteiger partial charge in [0.15, 0.2) is 0 Å². The Morgan fingerprint density at radius 3 is 2.54 bits per heavy atom. The van der Waals surface area contributed by atoms with Crippen LogP contribution in [0.5, 0.6) is 0 Å². The van der Waals surface area contributed by atoms with Gasteiger partial charge in [-0.3, -0.25) is 14.3 Å². The van der Waals surface area contributed by atoms with Gasteiger partial charge in [-0.1, -0.05) is 42.5 Å². The van der Waals surface area contributed by atoms with E-state index < -0.39 is 11.9 Å². The van der Waals surface area contributed by atoms with Crippen molar-refractivity contribution in [1.82, 2.24) is 15.1 Å². The molecule has 2 N–H and O–H groups in total. The summed E-state index contributed by atoms with van der Waals surface area (Å²) in [6.45, 7) is 6.35. The molecule has 1 atom stereocenters. The molecule has 146 valence electrons. The standard InChI is InChI=1S/C22H25N3O3/c1-4-25-15(3)20(14(2)24-25)21(26)23-13-18(22(27)28)12-17-10-7-9-16-8-5-6-11-19(16)17/h5-11,18H,4,12-13H2,1-3H3,(H,23,26)(H,27,28). The van der Waals surface area contributed by atoms with E-state index in [1.807, 2.05) is 56.3 Å². The van der Waals surface area contributed by atoms with E-state index in [1.54, 1.807) is 11.6 Å². The van der Waals surface area contributed by atoms with Crippen molar-refractivity contribution in [2.24, 2.45) is 5.92 Å². The lowest BCUT2D eigenvalue weighted by Crippen LogP contribution is -2.34. The molecule has 3 aromatic rings. The van der Waals surface area contributed by atoms with Crippen LogP contribution in [0.15, 0.2) is 42.5 Å². The number of carboxylic acid groups (broad SMARTS) is 1. The summed E-state index contributed by atoms with van der Waals surface area (Å²) in [6.07, 6.45) is 0.350. The van der Waals surface area contributed by atoms with Crippen molar-refractivity contribution < 1.29 is 14.7 Å². The molecular formula is C22H25N3O3. The number of aromatic nitrogens is 2. The number of carbonyl (C=O) groups is 2. The highest BCUT2D eigenvalue weighted by Gasteiger charge is 2.23. The minimum absolute atomic E-state index is 0.0631. The number of carboxylic acids is 1. The minimum Gasteiger partial charge on any atom is -0.481 e. The zero-order valence-corrected chi connectivity index (χ0v) is 16.4. The van der Waals surface area contributed by atoms with Crippen LogP contribution in [0.2, 0.25) is 0 Å². The van der Waals surface area contributed by atoms with Gasteiger partial charge in [0.25, 0.3) is 5.91 Å². The predicted molar refractivity (Wildman–Crippen MR) is 108 cm³/mol. The molecule has 0 saturated carbocycles. The topological polar surface area (TPSA) is 84.2 Å². The van der Waals surface area contributed by atoms with Crippen LogP contribution in [0.25, 0.3) is 10.8 Å². The lowest BCUT2D eigenvalue weighted by atomic mass is 9.94. The molecule has 0 radical (unpaired) electrons. The number of aryl methyl sites for hydroxylation is 2. The summed E-state index contributed by atoms with van der Waals surface area (Å²) >= 11 is 0. The Balaban J connectivity index is 1.76. The molecule has 6 heteroatoms. The first-order valence-corrected chi connectivity index (χ1v) is 9.44. The second-order valence-electron chi connectivity index (χ2n) is 6.95. The van der Waals surface area contributed by atoms with Crippen molar-refractivity contribution in [3.8, 4) is 0 Å². The number of rotatable bonds is 7. The molecule has 0 fully saturated rings. The van der Waals surface area contributed by atoms with E-state index in [9.17, 15) is 14.7 Å². The van der Waals surface area contributed by atoms with Gasteiger partial charge >= 0.3 is 5.97 Å². The lowest BCUT2D eigenvalue weighted by Gasteiger charge is -2.15. The Bertz CT molecular complexity index is 1020. The summed E-state index contributed by atoms with van der Waals surface area (Å²) in [5.41, 5.74) is 2.93. The number of fused-ring (bicyclic) bond motifs is 1. The van der Waals surface area contributed by atoms with E-state index in [4.69, 9.17) is 0 Å². The maximum atomic E-state index is 12.7. The summed E-state index contributed by atoms with van der Waals surface area (Å²) in [5, 5.41) is 18.9. The zero-order valence-electron chi connectivity index (χ0n) is 16.4. The zero-order chi connectivity index (χ0) is 20.3. The number of carbonyl (C=O) groups excluding carboxylic acids is 1. The number of amides is 1. The largest absolute Gasteiger partial charge is 0.481 e. The molecular weight excluding hydrogens is 354 g/mol. The monoisotopic (exact) mass is 379 g/mol. The summed E-state index contributed by atoms with van der Waals surface area (Å²) in [7, 11) is 0. The van der Waals surface area contributed by atoms with Crippen LogP contribution in [-0.4, -0.2) is 33.3 Å². The van der Waals surface area contributed by atoms with E-state index in [1.165, 1.54) is 0 Å². The van der Waals surface area contributed by atoms with E-state index in [0.29, 0.717) is 24.2 Å².